The van der Waals surface area contributed by atoms with E-state index in [-0.39, 0.29) is 34.4 Å². The standard InChI is InChI=1S/C27H19Cl2N3O6S/c1-3-37-26(34)23-14(2)30-27-31(25(33)22(39-27)12-15-6-4-5-7-18(15)28)24(23)21-11-10-20(38-21)17-13-16(32(35)36)8-9-19(17)29/h4-13,24H,3H2,1-2H3/b22-12-/t24-/m1/s1. The first-order chi connectivity index (χ1) is 18.7. The molecule has 1 aliphatic heterocycles. The molecule has 12 heteroatoms. The van der Waals surface area contributed by atoms with Gasteiger partial charge >= 0.3 is 5.97 Å². The predicted molar refractivity (Wildman–Crippen MR) is 148 cm³/mol. The van der Waals surface area contributed by atoms with Crippen molar-refractivity contribution in [2.24, 2.45) is 4.99 Å². The third-order valence-corrected chi connectivity index (χ3v) is 7.69. The molecule has 0 spiro atoms. The Morgan fingerprint density at radius 1 is 1.21 bits per heavy atom. The second-order valence-corrected chi connectivity index (χ2v) is 10.3. The third kappa shape index (κ3) is 4.94. The topological polar surface area (TPSA) is 117 Å². The minimum Gasteiger partial charge on any atom is -0.463 e. The third-order valence-electron chi connectivity index (χ3n) is 6.03. The molecule has 2 aromatic carbocycles. The molecule has 2 aromatic heterocycles. The minimum atomic E-state index is -1.00. The van der Waals surface area contributed by atoms with Gasteiger partial charge in [-0.3, -0.25) is 19.5 Å². The van der Waals surface area contributed by atoms with Crippen LogP contribution in [0.15, 0.2) is 80.1 Å². The molecule has 9 nitrogen and oxygen atoms in total. The second-order valence-electron chi connectivity index (χ2n) is 8.45. The second kappa shape index (κ2) is 10.6. The van der Waals surface area contributed by atoms with E-state index in [1.807, 2.05) is 6.07 Å². The monoisotopic (exact) mass is 583 g/mol. The Hall–Kier alpha value is -3.99. The van der Waals surface area contributed by atoms with Crippen LogP contribution >= 0.6 is 34.5 Å². The molecule has 0 radical (unpaired) electrons. The number of thiazole rings is 1. The average Bonchev–Trinajstić information content (AvgIpc) is 3.50. The fourth-order valence-electron chi connectivity index (χ4n) is 4.25. The Labute approximate surface area is 235 Å². The zero-order valence-corrected chi connectivity index (χ0v) is 22.8. The molecular formula is C27H19Cl2N3O6S. The fourth-order valence-corrected chi connectivity index (χ4v) is 5.69. The highest BCUT2D eigenvalue weighted by atomic mass is 35.5. The Morgan fingerprint density at radius 3 is 2.69 bits per heavy atom. The molecule has 4 aromatic rings. The molecular weight excluding hydrogens is 565 g/mol. The van der Waals surface area contributed by atoms with Crippen molar-refractivity contribution in [2.45, 2.75) is 19.9 Å². The number of hydrogen-bond donors (Lipinski definition) is 0. The molecule has 1 aliphatic rings. The van der Waals surface area contributed by atoms with E-state index in [2.05, 4.69) is 4.99 Å². The fraction of sp³-hybridized carbons (Fsp3) is 0.148. The van der Waals surface area contributed by atoms with Crippen molar-refractivity contribution < 1.29 is 18.9 Å². The molecule has 0 N–H and O–H groups in total. The van der Waals surface area contributed by atoms with E-state index in [4.69, 9.17) is 32.4 Å². The number of allylic oxidation sites excluding steroid dienone is 1. The first-order valence-electron chi connectivity index (χ1n) is 11.7. The Kier molecular flexibility index (Phi) is 7.26. The number of nitro benzene ring substituents is 1. The SMILES string of the molecule is CCOC(=O)C1=C(C)N=c2s/c(=C\c3ccccc3Cl)c(=O)n2[C@@H]1c1ccc(-c2cc([N+](=O)[O-])ccc2Cl)o1. The number of aromatic nitrogens is 1. The summed E-state index contributed by atoms with van der Waals surface area (Å²) in [5, 5.41) is 12.0. The number of furan rings is 1. The van der Waals surface area contributed by atoms with Gasteiger partial charge in [0.2, 0.25) is 0 Å². The number of nitrogens with zero attached hydrogens (tertiary/aromatic N) is 3. The smallest absolute Gasteiger partial charge is 0.338 e. The molecule has 5 rings (SSSR count). The molecule has 0 aliphatic carbocycles. The Bertz CT molecular complexity index is 1850. The number of hydrogen-bond acceptors (Lipinski definition) is 8. The zero-order valence-electron chi connectivity index (χ0n) is 20.5. The van der Waals surface area contributed by atoms with Crippen LogP contribution in [-0.2, 0) is 9.53 Å². The molecule has 0 unspecified atom stereocenters. The number of rotatable bonds is 6. The molecule has 1 atom stereocenters. The number of ether oxygens (including phenoxy) is 1. The Balaban J connectivity index is 1.71. The van der Waals surface area contributed by atoms with E-state index in [1.54, 1.807) is 50.3 Å². The number of non-ortho nitro benzene ring substituents is 1. The average molecular weight is 584 g/mol. The lowest BCUT2D eigenvalue weighted by Gasteiger charge is -2.22. The van der Waals surface area contributed by atoms with Crippen LogP contribution in [0.3, 0.4) is 0 Å². The van der Waals surface area contributed by atoms with Gasteiger partial charge in [-0.05, 0) is 49.8 Å². The van der Waals surface area contributed by atoms with Gasteiger partial charge in [0.05, 0.1) is 32.4 Å². The Morgan fingerprint density at radius 2 is 1.97 bits per heavy atom. The number of esters is 1. The summed E-state index contributed by atoms with van der Waals surface area (Å²) in [6.45, 7) is 3.45. The molecule has 3 heterocycles. The maximum atomic E-state index is 13.7. The summed E-state index contributed by atoms with van der Waals surface area (Å²) in [5.74, 6) is -0.180. The number of carbonyl (C=O) groups excluding carboxylic acids is 1. The van der Waals surface area contributed by atoms with E-state index in [0.29, 0.717) is 31.2 Å². The van der Waals surface area contributed by atoms with E-state index < -0.39 is 22.5 Å². The molecule has 0 saturated carbocycles. The highest BCUT2D eigenvalue weighted by Gasteiger charge is 2.35. The summed E-state index contributed by atoms with van der Waals surface area (Å²) in [7, 11) is 0. The maximum Gasteiger partial charge on any atom is 0.338 e. The van der Waals surface area contributed by atoms with Gasteiger partial charge in [0, 0.05) is 22.7 Å². The molecule has 39 heavy (non-hydrogen) atoms. The van der Waals surface area contributed by atoms with Gasteiger partial charge in [-0.25, -0.2) is 9.79 Å². The van der Waals surface area contributed by atoms with E-state index in [1.165, 1.54) is 22.8 Å². The van der Waals surface area contributed by atoms with Crippen LogP contribution in [0.1, 0.15) is 31.2 Å². The lowest BCUT2D eigenvalue weighted by molar-refractivity contribution is -0.384. The van der Waals surface area contributed by atoms with Crippen molar-refractivity contribution in [1.82, 2.24) is 4.57 Å². The van der Waals surface area contributed by atoms with Crippen molar-refractivity contribution in [3.8, 4) is 11.3 Å². The molecule has 0 fully saturated rings. The summed E-state index contributed by atoms with van der Waals surface area (Å²) < 4.78 is 13.1. The molecule has 0 bridgehead atoms. The van der Waals surface area contributed by atoms with E-state index in [9.17, 15) is 19.7 Å². The largest absolute Gasteiger partial charge is 0.463 e. The van der Waals surface area contributed by atoms with Gasteiger partial charge in [-0.2, -0.15) is 0 Å². The van der Waals surface area contributed by atoms with Crippen LogP contribution in [0.2, 0.25) is 10.0 Å². The first-order valence-corrected chi connectivity index (χ1v) is 13.2. The van der Waals surface area contributed by atoms with Crippen molar-refractivity contribution in [1.29, 1.82) is 0 Å². The van der Waals surface area contributed by atoms with Crippen molar-refractivity contribution in [3.63, 3.8) is 0 Å². The van der Waals surface area contributed by atoms with Crippen molar-refractivity contribution >= 4 is 52.3 Å². The quantitative estimate of drug-likeness (QED) is 0.173. The molecule has 198 valence electrons. The lowest BCUT2D eigenvalue weighted by Crippen LogP contribution is -2.39. The van der Waals surface area contributed by atoms with Crippen LogP contribution in [0.4, 0.5) is 5.69 Å². The number of carbonyl (C=O) groups is 1. The highest BCUT2D eigenvalue weighted by molar-refractivity contribution is 7.07. The predicted octanol–water partition coefficient (Wildman–Crippen LogP) is 5.27. The summed E-state index contributed by atoms with van der Waals surface area (Å²) in [5.41, 5.74) is 0.895. The first kappa shape index (κ1) is 26.6. The number of nitro groups is 1. The van der Waals surface area contributed by atoms with Gasteiger partial charge in [-0.1, -0.05) is 52.7 Å². The van der Waals surface area contributed by atoms with Crippen molar-refractivity contribution in [2.75, 3.05) is 6.61 Å². The van der Waals surface area contributed by atoms with E-state index >= 15 is 0 Å². The van der Waals surface area contributed by atoms with Gasteiger partial charge in [0.25, 0.3) is 11.2 Å². The van der Waals surface area contributed by atoms with Gasteiger partial charge in [0.1, 0.15) is 17.6 Å². The minimum absolute atomic E-state index is 0.117. The lowest BCUT2D eigenvalue weighted by atomic mass is 10.0. The van der Waals surface area contributed by atoms with Crippen LogP contribution in [-0.4, -0.2) is 22.1 Å². The molecule has 0 amide bonds. The molecule has 0 saturated heterocycles. The summed E-state index contributed by atoms with van der Waals surface area (Å²) in [4.78, 5) is 42.5. The van der Waals surface area contributed by atoms with Crippen LogP contribution < -0.4 is 14.9 Å². The zero-order chi connectivity index (χ0) is 27.8. The van der Waals surface area contributed by atoms with Gasteiger partial charge in [0.15, 0.2) is 4.80 Å². The summed E-state index contributed by atoms with van der Waals surface area (Å²) in [6, 6.07) is 13.3. The highest BCUT2D eigenvalue weighted by Crippen LogP contribution is 2.37. The number of benzene rings is 2. The maximum absolute atomic E-state index is 13.7. The number of halogens is 2. The van der Waals surface area contributed by atoms with Crippen molar-refractivity contribution in [3.05, 3.63) is 117 Å². The van der Waals surface area contributed by atoms with Gasteiger partial charge in [-0.15, -0.1) is 0 Å². The summed E-state index contributed by atoms with van der Waals surface area (Å²) >= 11 is 13.8. The van der Waals surface area contributed by atoms with Gasteiger partial charge < -0.3 is 9.15 Å². The summed E-state index contributed by atoms with van der Waals surface area (Å²) in [6.07, 6.45) is 1.67. The van der Waals surface area contributed by atoms with E-state index in [0.717, 1.165) is 11.3 Å². The number of fused-ring (bicyclic) bond motifs is 1. The van der Waals surface area contributed by atoms with Crippen LogP contribution in [0.5, 0.6) is 0 Å². The normalized spacial score (nSPS) is 15.2. The van der Waals surface area contributed by atoms with Crippen LogP contribution in [0.25, 0.3) is 17.4 Å². The van der Waals surface area contributed by atoms with Crippen LogP contribution in [0, 0.1) is 10.1 Å².